The summed E-state index contributed by atoms with van der Waals surface area (Å²) in [6.45, 7) is 2.13. The molecule has 0 amide bonds. The number of H-pyrrole nitrogens is 1. The average Bonchev–Trinajstić information content (AvgIpc) is 3.12. The largest absolute Gasteiger partial charge is 0.382 e. The van der Waals surface area contributed by atoms with Gasteiger partial charge in [-0.25, -0.2) is 14.4 Å². The number of benzene rings is 2. The molecule has 152 valence electrons. The highest BCUT2D eigenvalue weighted by Gasteiger charge is 2.26. The van der Waals surface area contributed by atoms with Gasteiger partial charge in [-0.3, -0.25) is 4.98 Å². The molecule has 0 atom stereocenters. The van der Waals surface area contributed by atoms with Crippen LogP contribution < -0.4 is 5.73 Å². The number of aromatic nitrogens is 4. The average molecular weight is 401 g/mol. The molecule has 3 N–H and O–H groups in total. The fourth-order valence-corrected chi connectivity index (χ4v) is 4.17. The number of hydrogen-bond acceptors (Lipinski definition) is 4. The predicted molar refractivity (Wildman–Crippen MR) is 117 cm³/mol. The number of fused-ring (bicyclic) bond motifs is 1. The number of aryl methyl sites for hydroxylation is 1. The fraction of sp³-hybridized carbons (Fsp3) is 0.292. The molecule has 5 rings (SSSR count). The first kappa shape index (κ1) is 18.7. The Bertz CT molecular complexity index is 1210. The first-order chi connectivity index (χ1) is 14.6. The molecule has 2 heterocycles. The SMILES string of the molecule is CCc1ccc2[nH]c(Cc3c(C4CCC4)ccc(-c4cnc(N)cn4)c3F)nc2c1. The van der Waals surface area contributed by atoms with Crippen LogP contribution in [0.4, 0.5) is 10.2 Å². The molecule has 30 heavy (non-hydrogen) atoms. The number of nitrogen functional groups attached to an aromatic ring is 1. The van der Waals surface area contributed by atoms with Gasteiger partial charge in [0, 0.05) is 12.0 Å². The third-order valence-electron chi connectivity index (χ3n) is 6.12. The summed E-state index contributed by atoms with van der Waals surface area (Å²) in [5.41, 5.74) is 11.5. The van der Waals surface area contributed by atoms with Crippen molar-refractivity contribution >= 4 is 16.9 Å². The maximum Gasteiger partial charge on any atom is 0.141 e. The van der Waals surface area contributed by atoms with Crippen molar-refractivity contribution in [3.8, 4) is 11.3 Å². The van der Waals surface area contributed by atoms with Crippen LogP contribution in [0, 0.1) is 5.82 Å². The minimum absolute atomic E-state index is 0.242. The summed E-state index contributed by atoms with van der Waals surface area (Å²) in [6.07, 6.45) is 7.77. The maximum atomic E-state index is 15.8. The monoisotopic (exact) mass is 401 g/mol. The molecule has 1 saturated carbocycles. The molecule has 6 heteroatoms. The molecule has 0 radical (unpaired) electrons. The van der Waals surface area contributed by atoms with Crippen LogP contribution in [0.5, 0.6) is 0 Å². The zero-order valence-electron chi connectivity index (χ0n) is 17.0. The number of nitrogens with one attached hydrogen (secondary N) is 1. The van der Waals surface area contributed by atoms with Crippen molar-refractivity contribution in [3.05, 3.63) is 71.1 Å². The molecule has 5 nitrogen and oxygen atoms in total. The molecule has 1 aliphatic rings. The lowest BCUT2D eigenvalue weighted by atomic mass is 9.77. The zero-order valence-corrected chi connectivity index (χ0v) is 17.0. The molecule has 2 aromatic carbocycles. The number of nitrogens with zero attached hydrogens (tertiary/aromatic N) is 3. The molecule has 0 spiro atoms. The van der Waals surface area contributed by atoms with Gasteiger partial charge in [0.2, 0.25) is 0 Å². The second-order valence-electron chi connectivity index (χ2n) is 8.01. The Morgan fingerprint density at radius 1 is 1.13 bits per heavy atom. The summed E-state index contributed by atoms with van der Waals surface area (Å²) < 4.78 is 15.8. The van der Waals surface area contributed by atoms with Crippen molar-refractivity contribution in [1.82, 2.24) is 19.9 Å². The summed E-state index contributed by atoms with van der Waals surface area (Å²) >= 11 is 0. The quantitative estimate of drug-likeness (QED) is 0.484. The van der Waals surface area contributed by atoms with Crippen LogP contribution in [0.2, 0.25) is 0 Å². The van der Waals surface area contributed by atoms with E-state index in [-0.39, 0.29) is 5.82 Å². The summed E-state index contributed by atoms with van der Waals surface area (Å²) in [4.78, 5) is 16.5. The van der Waals surface area contributed by atoms with Crippen LogP contribution >= 0.6 is 0 Å². The Morgan fingerprint density at radius 2 is 2.00 bits per heavy atom. The number of aromatic amines is 1. The summed E-state index contributed by atoms with van der Waals surface area (Å²) in [6, 6.07) is 10.1. The minimum Gasteiger partial charge on any atom is -0.382 e. The van der Waals surface area contributed by atoms with Crippen LogP contribution in [0.3, 0.4) is 0 Å². The van der Waals surface area contributed by atoms with Crippen LogP contribution in [0.15, 0.2) is 42.7 Å². The molecule has 1 fully saturated rings. The topological polar surface area (TPSA) is 80.5 Å². The Hall–Kier alpha value is -3.28. The Morgan fingerprint density at radius 3 is 2.70 bits per heavy atom. The standard InChI is InChI=1S/C24H24FN5/c1-2-14-6-9-19-20(10-14)30-23(29-19)11-18-16(15-4-3-5-15)7-8-17(24(18)25)21-12-28-22(26)13-27-21/h6-10,12-13,15H,2-5,11H2,1H3,(H2,26,28)(H,29,30). The molecule has 2 aromatic heterocycles. The third kappa shape index (κ3) is 3.32. The Kier molecular flexibility index (Phi) is 4.69. The van der Waals surface area contributed by atoms with Gasteiger partial charge >= 0.3 is 0 Å². The minimum atomic E-state index is -0.242. The number of anilines is 1. The normalized spacial score (nSPS) is 14.2. The van der Waals surface area contributed by atoms with Gasteiger partial charge < -0.3 is 10.7 Å². The molecule has 4 aromatic rings. The van der Waals surface area contributed by atoms with E-state index in [0.29, 0.717) is 35.0 Å². The van der Waals surface area contributed by atoms with Crippen molar-refractivity contribution < 1.29 is 4.39 Å². The van der Waals surface area contributed by atoms with E-state index in [2.05, 4.69) is 34.0 Å². The van der Waals surface area contributed by atoms with Crippen molar-refractivity contribution in [2.45, 2.75) is 44.9 Å². The molecular formula is C24H24FN5. The number of nitrogens with two attached hydrogens (primary N) is 1. The first-order valence-corrected chi connectivity index (χ1v) is 10.5. The molecule has 0 bridgehead atoms. The molecule has 0 saturated heterocycles. The Labute approximate surface area is 174 Å². The van der Waals surface area contributed by atoms with Crippen LogP contribution in [-0.2, 0) is 12.8 Å². The molecular weight excluding hydrogens is 377 g/mol. The van der Waals surface area contributed by atoms with Gasteiger partial charge in [-0.05, 0) is 60.1 Å². The molecule has 0 unspecified atom stereocenters. The van der Waals surface area contributed by atoms with Gasteiger partial charge in [-0.1, -0.05) is 25.5 Å². The van der Waals surface area contributed by atoms with E-state index in [0.717, 1.165) is 41.7 Å². The summed E-state index contributed by atoms with van der Waals surface area (Å²) in [5, 5.41) is 0. The van der Waals surface area contributed by atoms with Crippen LogP contribution in [0.1, 0.15) is 54.6 Å². The van der Waals surface area contributed by atoms with E-state index in [4.69, 9.17) is 10.7 Å². The number of halogens is 1. The van der Waals surface area contributed by atoms with Crippen molar-refractivity contribution in [3.63, 3.8) is 0 Å². The maximum absolute atomic E-state index is 15.8. The van der Waals surface area contributed by atoms with Gasteiger partial charge in [-0.15, -0.1) is 0 Å². The molecule has 1 aliphatic carbocycles. The first-order valence-electron chi connectivity index (χ1n) is 10.5. The van der Waals surface area contributed by atoms with Gasteiger partial charge in [-0.2, -0.15) is 0 Å². The highest BCUT2D eigenvalue weighted by atomic mass is 19.1. The third-order valence-corrected chi connectivity index (χ3v) is 6.12. The van der Waals surface area contributed by atoms with Crippen molar-refractivity contribution in [2.75, 3.05) is 5.73 Å². The van der Waals surface area contributed by atoms with Gasteiger partial charge in [0.05, 0.1) is 29.1 Å². The second kappa shape index (κ2) is 7.52. The van der Waals surface area contributed by atoms with Crippen LogP contribution in [0.25, 0.3) is 22.3 Å². The number of imidazole rings is 1. The smallest absolute Gasteiger partial charge is 0.141 e. The van der Waals surface area contributed by atoms with E-state index in [1.54, 1.807) is 0 Å². The highest BCUT2D eigenvalue weighted by Crippen LogP contribution is 2.41. The lowest BCUT2D eigenvalue weighted by Crippen LogP contribution is -2.13. The van der Waals surface area contributed by atoms with E-state index in [1.807, 2.05) is 18.2 Å². The van der Waals surface area contributed by atoms with Gasteiger partial charge in [0.15, 0.2) is 0 Å². The Balaban J connectivity index is 1.58. The van der Waals surface area contributed by atoms with E-state index >= 15 is 4.39 Å². The number of hydrogen-bond donors (Lipinski definition) is 2. The summed E-state index contributed by atoms with van der Waals surface area (Å²) in [7, 11) is 0. The predicted octanol–water partition coefficient (Wildman–Crippen LogP) is 5.16. The molecule has 0 aliphatic heterocycles. The van der Waals surface area contributed by atoms with E-state index in [1.165, 1.54) is 24.4 Å². The fourth-order valence-electron chi connectivity index (χ4n) is 4.17. The highest BCUT2D eigenvalue weighted by molar-refractivity contribution is 5.76. The lowest BCUT2D eigenvalue weighted by molar-refractivity contribution is 0.415. The van der Waals surface area contributed by atoms with Crippen molar-refractivity contribution in [1.29, 1.82) is 0 Å². The van der Waals surface area contributed by atoms with Crippen molar-refractivity contribution in [2.24, 2.45) is 0 Å². The van der Waals surface area contributed by atoms with Gasteiger partial charge in [0.1, 0.15) is 17.5 Å². The van der Waals surface area contributed by atoms with Gasteiger partial charge in [0.25, 0.3) is 0 Å². The zero-order chi connectivity index (χ0) is 20.7. The van der Waals surface area contributed by atoms with E-state index in [9.17, 15) is 0 Å². The lowest BCUT2D eigenvalue weighted by Gasteiger charge is -2.28. The summed E-state index contributed by atoms with van der Waals surface area (Å²) in [5.74, 6) is 1.27. The number of rotatable bonds is 5. The van der Waals surface area contributed by atoms with Crippen LogP contribution in [-0.4, -0.2) is 19.9 Å². The second-order valence-corrected chi connectivity index (χ2v) is 8.01. The van der Waals surface area contributed by atoms with E-state index < -0.39 is 0 Å².